The molecule has 2 aliphatic rings. The molecule has 6 heteroatoms. The standard InChI is InChI=1S/C22H25N3O3/c26-21(24-19-12-14-28-20-11-5-4-10-18(19)20)16-7-6-13-25(15-16)22(27)23-17-8-2-1-3-9-17/h1-5,8-11,16,19H,6-7,12-15H2,(H,23,27)(H,24,26)/t16-,19-/m0/s1. The molecular weight excluding hydrogens is 354 g/mol. The highest BCUT2D eigenvalue weighted by atomic mass is 16.5. The molecule has 2 aromatic rings. The molecule has 28 heavy (non-hydrogen) atoms. The molecule has 2 aromatic carbocycles. The van der Waals surface area contributed by atoms with Gasteiger partial charge in [-0.3, -0.25) is 4.79 Å². The first-order valence-electron chi connectivity index (χ1n) is 9.84. The molecule has 0 spiro atoms. The second kappa shape index (κ2) is 8.33. The molecule has 2 N–H and O–H groups in total. The number of carbonyl (C=O) groups excluding carboxylic acids is 2. The van der Waals surface area contributed by atoms with Crippen LogP contribution in [-0.4, -0.2) is 36.5 Å². The van der Waals surface area contributed by atoms with Gasteiger partial charge in [-0.1, -0.05) is 36.4 Å². The molecule has 0 bridgehead atoms. The van der Waals surface area contributed by atoms with E-state index >= 15 is 0 Å². The van der Waals surface area contributed by atoms with Crippen LogP contribution in [0.4, 0.5) is 10.5 Å². The van der Waals surface area contributed by atoms with Gasteiger partial charge in [0.15, 0.2) is 0 Å². The third-order valence-corrected chi connectivity index (χ3v) is 5.38. The van der Waals surface area contributed by atoms with Crippen molar-refractivity contribution < 1.29 is 14.3 Å². The summed E-state index contributed by atoms with van der Waals surface area (Å²) >= 11 is 0. The summed E-state index contributed by atoms with van der Waals surface area (Å²) in [7, 11) is 0. The van der Waals surface area contributed by atoms with Crippen molar-refractivity contribution in [3.63, 3.8) is 0 Å². The first kappa shape index (κ1) is 18.3. The molecule has 0 unspecified atom stereocenters. The van der Waals surface area contributed by atoms with E-state index in [0.29, 0.717) is 19.7 Å². The zero-order valence-corrected chi connectivity index (χ0v) is 15.8. The Labute approximate surface area is 164 Å². The number of amides is 3. The van der Waals surface area contributed by atoms with E-state index in [-0.39, 0.29) is 23.9 Å². The van der Waals surface area contributed by atoms with Gasteiger partial charge in [-0.05, 0) is 31.0 Å². The van der Waals surface area contributed by atoms with Gasteiger partial charge in [-0.15, -0.1) is 0 Å². The van der Waals surface area contributed by atoms with Gasteiger partial charge in [-0.2, -0.15) is 0 Å². The van der Waals surface area contributed by atoms with Gasteiger partial charge < -0.3 is 20.3 Å². The smallest absolute Gasteiger partial charge is 0.321 e. The molecule has 6 nitrogen and oxygen atoms in total. The lowest BCUT2D eigenvalue weighted by Gasteiger charge is -2.34. The van der Waals surface area contributed by atoms with Gasteiger partial charge in [-0.25, -0.2) is 4.79 Å². The van der Waals surface area contributed by atoms with Crippen molar-refractivity contribution in [2.75, 3.05) is 25.0 Å². The van der Waals surface area contributed by atoms with Crippen molar-refractivity contribution in [1.82, 2.24) is 10.2 Å². The van der Waals surface area contributed by atoms with E-state index in [4.69, 9.17) is 4.74 Å². The molecule has 1 saturated heterocycles. The van der Waals surface area contributed by atoms with Crippen LogP contribution in [0.2, 0.25) is 0 Å². The van der Waals surface area contributed by atoms with Gasteiger partial charge >= 0.3 is 6.03 Å². The van der Waals surface area contributed by atoms with E-state index in [1.54, 1.807) is 4.90 Å². The van der Waals surface area contributed by atoms with E-state index in [0.717, 1.165) is 36.3 Å². The average molecular weight is 379 g/mol. The van der Waals surface area contributed by atoms with Crippen LogP contribution < -0.4 is 15.4 Å². The van der Waals surface area contributed by atoms with Crippen LogP contribution in [0.1, 0.15) is 30.9 Å². The Morgan fingerprint density at radius 2 is 1.79 bits per heavy atom. The van der Waals surface area contributed by atoms with Crippen LogP contribution in [0.5, 0.6) is 5.75 Å². The van der Waals surface area contributed by atoms with E-state index in [1.807, 2.05) is 54.6 Å². The summed E-state index contributed by atoms with van der Waals surface area (Å²) < 4.78 is 5.67. The van der Waals surface area contributed by atoms with E-state index in [1.165, 1.54) is 0 Å². The number of urea groups is 1. The third kappa shape index (κ3) is 4.11. The number of likely N-dealkylation sites (tertiary alicyclic amines) is 1. The van der Waals surface area contributed by atoms with Crippen molar-refractivity contribution >= 4 is 17.6 Å². The highest BCUT2D eigenvalue weighted by Gasteiger charge is 2.31. The lowest BCUT2D eigenvalue weighted by atomic mass is 9.95. The third-order valence-electron chi connectivity index (χ3n) is 5.38. The highest BCUT2D eigenvalue weighted by Crippen LogP contribution is 2.32. The lowest BCUT2D eigenvalue weighted by molar-refractivity contribution is -0.127. The highest BCUT2D eigenvalue weighted by molar-refractivity contribution is 5.90. The van der Waals surface area contributed by atoms with Crippen LogP contribution in [-0.2, 0) is 4.79 Å². The molecule has 0 aliphatic carbocycles. The summed E-state index contributed by atoms with van der Waals surface area (Å²) in [6.45, 7) is 1.70. The minimum Gasteiger partial charge on any atom is -0.493 e. The number of hydrogen-bond acceptors (Lipinski definition) is 3. The van der Waals surface area contributed by atoms with Crippen molar-refractivity contribution in [3.05, 3.63) is 60.2 Å². The van der Waals surface area contributed by atoms with Crippen LogP contribution in [0, 0.1) is 5.92 Å². The van der Waals surface area contributed by atoms with Gasteiger partial charge in [0.2, 0.25) is 5.91 Å². The van der Waals surface area contributed by atoms with E-state index in [2.05, 4.69) is 10.6 Å². The molecular formula is C22H25N3O3. The number of fused-ring (bicyclic) bond motifs is 1. The average Bonchev–Trinajstić information content (AvgIpc) is 2.75. The quantitative estimate of drug-likeness (QED) is 0.856. The second-order valence-corrected chi connectivity index (χ2v) is 7.32. The van der Waals surface area contributed by atoms with E-state index in [9.17, 15) is 9.59 Å². The maximum Gasteiger partial charge on any atom is 0.321 e. The lowest BCUT2D eigenvalue weighted by Crippen LogP contribution is -2.47. The summed E-state index contributed by atoms with van der Waals surface area (Å²) in [5, 5.41) is 6.08. The predicted molar refractivity (Wildman–Crippen MR) is 107 cm³/mol. The molecule has 0 saturated carbocycles. The number of para-hydroxylation sites is 2. The van der Waals surface area contributed by atoms with Crippen molar-refractivity contribution in [1.29, 1.82) is 0 Å². The first-order chi connectivity index (χ1) is 13.7. The Morgan fingerprint density at radius 1 is 1.00 bits per heavy atom. The van der Waals surface area contributed by atoms with Crippen molar-refractivity contribution in [2.45, 2.75) is 25.3 Å². The van der Waals surface area contributed by atoms with Crippen LogP contribution in [0.3, 0.4) is 0 Å². The molecule has 2 atom stereocenters. The number of benzene rings is 2. The van der Waals surface area contributed by atoms with Crippen LogP contribution in [0.25, 0.3) is 0 Å². The molecule has 1 fully saturated rings. The number of rotatable bonds is 3. The number of piperidine rings is 1. The predicted octanol–water partition coefficient (Wildman–Crippen LogP) is 3.57. The Hall–Kier alpha value is -3.02. The number of carbonyl (C=O) groups is 2. The topological polar surface area (TPSA) is 70.7 Å². The number of hydrogen-bond donors (Lipinski definition) is 2. The summed E-state index contributed by atoms with van der Waals surface area (Å²) in [6, 6.07) is 17.0. The Morgan fingerprint density at radius 3 is 2.64 bits per heavy atom. The zero-order valence-electron chi connectivity index (χ0n) is 15.8. The summed E-state index contributed by atoms with van der Waals surface area (Å²) in [5.41, 5.74) is 1.79. The second-order valence-electron chi connectivity index (χ2n) is 7.32. The first-order valence-corrected chi connectivity index (χ1v) is 9.84. The van der Waals surface area contributed by atoms with Gasteiger partial charge in [0.05, 0.1) is 18.6 Å². The van der Waals surface area contributed by atoms with Gasteiger partial charge in [0.25, 0.3) is 0 Å². The number of nitrogens with one attached hydrogen (secondary N) is 2. The molecule has 0 radical (unpaired) electrons. The molecule has 0 aromatic heterocycles. The molecule has 3 amide bonds. The SMILES string of the molecule is O=C(N[C@H]1CCOc2ccccc21)[C@H]1CCCN(C(=O)Nc2ccccc2)C1. The van der Waals surface area contributed by atoms with Crippen LogP contribution >= 0.6 is 0 Å². The largest absolute Gasteiger partial charge is 0.493 e. The Kier molecular flexibility index (Phi) is 5.46. The van der Waals surface area contributed by atoms with E-state index < -0.39 is 0 Å². The summed E-state index contributed by atoms with van der Waals surface area (Å²) in [5.74, 6) is 0.663. The minimum absolute atomic E-state index is 0.0129. The van der Waals surface area contributed by atoms with Crippen LogP contribution in [0.15, 0.2) is 54.6 Å². The molecule has 2 heterocycles. The zero-order chi connectivity index (χ0) is 19.3. The van der Waals surface area contributed by atoms with Crippen molar-refractivity contribution in [3.8, 4) is 5.75 Å². The van der Waals surface area contributed by atoms with Crippen molar-refractivity contribution in [2.24, 2.45) is 5.92 Å². The fraction of sp³-hybridized carbons (Fsp3) is 0.364. The summed E-state index contributed by atoms with van der Waals surface area (Å²) in [4.78, 5) is 27.2. The Balaban J connectivity index is 1.37. The molecule has 146 valence electrons. The number of ether oxygens (including phenoxy) is 1. The van der Waals surface area contributed by atoms with Gasteiger partial charge in [0.1, 0.15) is 5.75 Å². The maximum atomic E-state index is 12.9. The number of nitrogens with zero attached hydrogens (tertiary/aromatic N) is 1. The summed E-state index contributed by atoms with van der Waals surface area (Å²) in [6.07, 6.45) is 2.38. The monoisotopic (exact) mass is 379 g/mol. The molecule has 2 aliphatic heterocycles. The molecule has 4 rings (SSSR count). The number of anilines is 1. The van der Waals surface area contributed by atoms with Gasteiger partial charge in [0, 0.05) is 30.8 Å². The minimum atomic E-state index is -0.190. The normalized spacial score (nSPS) is 21.2. The fourth-order valence-electron chi connectivity index (χ4n) is 3.88. The maximum absolute atomic E-state index is 12.9. The fourth-order valence-corrected chi connectivity index (χ4v) is 3.88. The Bertz CT molecular complexity index is 840.